The molecular formula is C16H32N2O. The summed E-state index contributed by atoms with van der Waals surface area (Å²) in [5, 5.41) is 0. The number of ether oxygens (including phenoxy) is 1. The van der Waals surface area contributed by atoms with Crippen molar-refractivity contribution in [3.05, 3.63) is 0 Å². The lowest BCUT2D eigenvalue weighted by atomic mass is 9.79. The Bertz CT molecular complexity index is 259. The average Bonchev–Trinajstić information content (AvgIpc) is 2.41. The fourth-order valence-electron chi connectivity index (χ4n) is 3.66. The maximum absolute atomic E-state index is 6.32. The van der Waals surface area contributed by atoms with E-state index in [4.69, 9.17) is 10.5 Å². The molecule has 4 atom stereocenters. The van der Waals surface area contributed by atoms with Gasteiger partial charge in [0, 0.05) is 25.7 Å². The van der Waals surface area contributed by atoms with Crippen molar-refractivity contribution in [2.45, 2.75) is 64.5 Å². The molecule has 2 fully saturated rings. The molecule has 2 rings (SSSR count). The average molecular weight is 268 g/mol. The van der Waals surface area contributed by atoms with Gasteiger partial charge in [0.1, 0.15) is 0 Å². The highest BCUT2D eigenvalue weighted by molar-refractivity contribution is 4.85. The highest BCUT2D eigenvalue weighted by Gasteiger charge is 2.29. The van der Waals surface area contributed by atoms with Crippen molar-refractivity contribution in [1.82, 2.24) is 4.90 Å². The number of rotatable bonds is 5. The standard InChI is InChI=1S/C16H32N2O/c1-3-9-19-15-5-4-8-18(12-15)11-14-10-13(2)6-7-16(14)17/h13-16H,3-12,17H2,1-2H3. The minimum Gasteiger partial charge on any atom is -0.377 e. The van der Waals surface area contributed by atoms with Gasteiger partial charge in [-0.05, 0) is 56.9 Å². The summed E-state index contributed by atoms with van der Waals surface area (Å²) in [4.78, 5) is 2.60. The zero-order valence-corrected chi connectivity index (χ0v) is 12.8. The van der Waals surface area contributed by atoms with Crippen LogP contribution in [0.5, 0.6) is 0 Å². The van der Waals surface area contributed by atoms with E-state index in [2.05, 4.69) is 18.7 Å². The monoisotopic (exact) mass is 268 g/mol. The van der Waals surface area contributed by atoms with Crippen molar-refractivity contribution in [2.24, 2.45) is 17.6 Å². The van der Waals surface area contributed by atoms with E-state index in [-0.39, 0.29) is 0 Å². The van der Waals surface area contributed by atoms with Gasteiger partial charge in [0.15, 0.2) is 0 Å². The summed E-state index contributed by atoms with van der Waals surface area (Å²) in [6, 6.07) is 0.424. The predicted molar refractivity (Wildman–Crippen MR) is 80.2 cm³/mol. The highest BCUT2D eigenvalue weighted by atomic mass is 16.5. The molecule has 0 amide bonds. The van der Waals surface area contributed by atoms with Gasteiger partial charge in [-0.15, -0.1) is 0 Å². The number of likely N-dealkylation sites (tertiary alicyclic amines) is 1. The first-order valence-electron chi connectivity index (χ1n) is 8.28. The molecule has 0 aromatic carbocycles. The van der Waals surface area contributed by atoms with Gasteiger partial charge in [0.05, 0.1) is 6.10 Å². The second-order valence-electron chi connectivity index (χ2n) is 6.74. The van der Waals surface area contributed by atoms with Crippen LogP contribution >= 0.6 is 0 Å². The largest absolute Gasteiger partial charge is 0.377 e. The van der Waals surface area contributed by atoms with Crippen LogP contribution in [0.25, 0.3) is 0 Å². The zero-order chi connectivity index (χ0) is 13.7. The Morgan fingerprint density at radius 2 is 2.11 bits per heavy atom. The van der Waals surface area contributed by atoms with E-state index in [0.717, 1.165) is 25.5 Å². The SMILES string of the molecule is CCCOC1CCCN(CC2CC(C)CCC2N)C1. The molecule has 3 nitrogen and oxygen atoms in total. The van der Waals surface area contributed by atoms with E-state index in [0.29, 0.717) is 18.1 Å². The van der Waals surface area contributed by atoms with Crippen molar-refractivity contribution in [3.8, 4) is 0 Å². The van der Waals surface area contributed by atoms with E-state index >= 15 is 0 Å². The van der Waals surface area contributed by atoms with Gasteiger partial charge < -0.3 is 15.4 Å². The van der Waals surface area contributed by atoms with Crippen LogP contribution in [0.3, 0.4) is 0 Å². The lowest BCUT2D eigenvalue weighted by Gasteiger charge is -2.39. The summed E-state index contributed by atoms with van der Waals surface area (Å²) in [6.07, 6.45) is 7.97. The van der Waals surface area contributed by atoms with Crippen LogP contribution in [0.2, 0.25) is 0 Å². The van der Waals surface area contributed by atoms with Crippen molar-refractivity contribution in [3.63, 3.8) is 0 Å². The molecule has 1 saturated carbocycles. The van der Waals surface area contributed by atoms with Crippen molar-refractivity contribution in [1.29, 1.82) is 0 Å². The summed E-state index contributed by atoms with van der Waals surface area (Å²) in [5.41, 5.74) is 6.32. The third-order valence-electron chi connectivity index (χ3n) is 4.82. The van der Waals surface area contributed by atoms with Crippen LogP contribution in [-0.2, 0) is 4.74 Å². The molecule has 1 saturated heterocycles. The highest BCUT2D eigenvalue weighted by Crippen LogP contribution is 2.29. The van der Waals surface area contributed by atoms with E-state index in [1.807, 2.05) is 0 Å². The van der Waals surface area contributed by atoms with Crippen LogP contribution in [0.4, 0.5) is 0 Å². The van der Waals surface area contributed by atoms with E-state index < -0.39 is 0 Å². The summed E-state index contributed by atoms with van der Waals surface area (Å²) in [7, 11) is 0. The topological polar surface area (TPSA) is 38.5 Å². The Morgan fingerprint density at radius 3 is 2.89 bits per heavy atom. The first-order chi connectivity index (χ1) is 9.19. The van der Waals surface area contributed by atoms with Crippen molar-refractivity contribution < 1.29 is 4.74 Å². The van der Waals surface area contributed by atoms with Crippen molar-refractivity contribution >= 4 is 0 Å². The molecule has 1 heterocycles. The number of hydrogen-bond acceptors (Lipinski definition) is 3. The van der Waals surface area contributed by atoms with Gasteiger partial charge in [-0.3, -0.25) is 0 Å². The minimum atomic E-state index is 0.424. The Morgan fingerprint density at radius 1 is 1.26 bits per heavy atom. The molecule has 0 spiro atoms. The van der Waals surface area contributed by atoms with Crippen molar-refractivity contribution in [2.75, 3.05) is 26.2 Å². The van der Waals surface area contributed by atoms with Crippen LogP contribution in [0.15, 0.2) is 0 Å². The summed E-state index contributed by atoms with van der Waals surface area (Å²) in [6.45, 7) is 9.03. The number of piperidine rings is 1. The predicted octanol–water partition coefficient (Wildman–Crippen LogP) is 2.64. The smallest absolute Gasteiger partial charge is 0.0702 e. The molecule has 0 aromatic heterocycles. The minimum absolute atomic E-state index is 0.424. The van der Waals surface area contributed by atoms with Crippen LogP contribution < -0.4 is 5.73 Å². The lowest BCUT2D eigenvalue weighted by Crippen LogP contribution is -2.47. The molecule has 0 aromatic rings. The lowest BCUT2D eigenvalue weighted by molar-refractivity contribution is -0.00715. The fourth-order valence-corrected chi connectivity index (χ4v) is 3.66. The van der Waals surface area contributed by atoms with Crippen LogP contribution in [0.1, 0.15) is 52.4 Å². The molecule has 0 radical (unpaired) electrons. The second-order valence-corrected chi connectivity index (χ2v) is 6.74. The third kappa shape index (κ3) is 4.73. The molecule has 2 aliphatic rings. The molecular weight excluding hydrogens is 236 g/mol. The number of hydrogen-bond donors (Lipinski definition) is 1. The number of nitrogens with zero attached hydrogens (tertiary/aromatic N) is 1. The molecule has 1 aliphatic heterocycles. The van der Waals surface area contributed by atoms with Crippen LogP contribution in [-0.4, -0.2) is 43.3 Å². The summed E-state index contributed by atoms with van der Waals surface area (Å²) >= 11 is 0. The van der Waals surface area contributed by atoms with Gasteiger partial charge in [-0.1, -0.05) is 13.8 Å². The normalized spacial score (nSPS) is 37.4. The molecule has 112 valence electrons. The quantitative estimate of drug-likeness (QED) is 0.833. The summed E-state index contributed by atoms with van der Waals surface area (Å²) < 4.78 is 5.93. The second kappa shape index (κ2) is 7.61. The van der Waals surface area contributed by atoms with Gasteiger partial charge in [-0.25, -0.2) is 0 Å². The van der Waals surface area contributed by atoms with E-state index in [9.17, 15) is 0 Å². The van der Waals surface area contributed by atoms with Crippen LogP contribution in [0, 0.1) is 11.8 Å². The third-order valence-corrected chi connectivity index (χ3v) is 4.82. The maximum Gasteiger partial charge on any atom is 0.0702 e. The molecule has 0 bridgehead atoms. The Labute approximate surface area is 118 Å². The zero-order valence-electron chi connectivity index (χ0n) is 12.8. The number of nitrogens with two attached hydrogens (primary N) is 1. The van der Waals surface area contributed by atoms with Gasteiger partial charge in [0.2, 0.25) is 0 Å². The molecule has 2 N–H and O–H groups in total. The van der Waals surface area contributed by atoms with Gasteiger partial charge >= 0.3 is 0 Å². The fraction of sp³-hybridized carbons (Fsp3) is 1.00. The molecule has 4 unspecified atom stereocenters. The first-order valence-corrected chi connectivity index (χ1v) is 8.28. The first kappa shape index (κ1) is 15.3. The Balaban J connectivity index is 1.77. The Kier molecular flexibility index (Phi) is 6.11. The Hall–Kier alpha value is -0.120. The maximum atomic E-state index is 6.32. The summed E-state index contributed by atoms with van der Waals surface area (Å²) in [5.74, 6) is 1.57. The molecule has 3 heteroatoms. The van der Waals surface area contributed by atoms with E-state index in [1.54, 1.807) is 0 Å². The molecule has 1 aliphatic carbocycles. The van der Waals surface area contributed by atoms with Gasteiger partial charge in [0.25, 0.3) is 0 Å². The van der Waals surface area contributed by atoms with E-state index in [1.165, 1.54) is 45.2 Å². The van der Waals surface area contributed by atoms with Gasteiger partial charge in [-0.2, -0.15) is 0 Å². The molecule has 19 heavy (non-hydrogen) atoms.